The monoisotopic (exact) mass is 409 g/mol. The van der Waals surface area contributed by atoms with Crippen LogP contribution in [0.1, 0.15) is 17.5 Å². The minimum absolute atomic E-state index is 0.0284. The Morgan fingerprint density at radius 3 is 2.47 bits per heavy atom. The van der Waals surface area contributed by atoms with Gasteiger partial charge in [0.05, 0.1) is 6.42 Å². The van der Waals surface area contributed by atoms with E-state index in [1.165, 1.54) is 6.07 Å². The summed E-state index contributed by atoms with van der Waals surface area (Å²) in [7, 11) is 0. The lowest BCUT2D eigenvalue weighted by molar-refractivity contribution is -0.156. The third-order valence-electron chi connectivity index (χ3n) is 5.77. The molecule has 30 heavy (non-hydrogen) atoms. The fraction of sp³-hybridized carbons (Fsp3) is 0.348. The van der Waals surface area contributed by atoms with Crippen LogP contribution in [-0.4, -0.2) is 64.6 Å². The first kappa shape index (κ1) is 20.1. The van der Waals surface area contributed by atoms with Crippen molar-refractivity contribution in [1.29, 1.82) is 0 Å². The number of fused-ring (bicyclic) bond motifs is 1. The molecule has 2 aromatic rings. The zero-order chi connectivity index (χ0) is 21.1. The number of halogens is 1. The van der Waals surface area contributed by atoms with E-state index in [0.717, 1.165) is 5.56 Å². The van der Waals surface area contributed by atoms with E-state index in [-0.39, 0.29) is 30.7 Å². The summed E-state index contributed by atoms with van der Waals surface area (Å²) in [5.74, 6) is -0.776. The maximum atomic E-state index is 13.9. The van der Waals surface area contributed by atoms with Gasteiger partial charge in [0.2, 0.25) is 17.7 Å². The molecule has 4 rings (SSSR count). The Bertz CT molecular complexity index is 950. The molecule has 0 saturated carbocycles. The van der Waals surface area contributed by atoms with Crippen molar-refractivity contribution >= 4 is 17.7 Å². The zero-order valence-corrected chi connectivity index (χ0v) is 16.7. The number of hydrogen-bond donors (Lipinski definition) is 0. The molecule has 0 bridgehead atoms. The maximum absolute atomic E-state index is 13.9. The van der Waals surface area contributed by atoms with Gasteiger partial charge in [0.25, 0.3) is 0 Å². The molecule has 2 aromatic carbocycles. The SMILES string of the molecule is O=C(Cc1ccccc1F)N1CCC2C(=O)N(Cc3ccccc3)CC(=O)N2CC1. The van der Waals surface area contributed by atoms with E-state index in [1.807, 2.05) is 30.3 Å². The Balaban J connectivity index is 1.43. The van der Waals surface area contributed by atoms with Crippen LogP contribution in [0.3, 0.4) is 0 Å². The van der Waals surface area contributed by atoms with E-state index in [9.17, 15) is 18.8 Å². The molecule has 2 fully saturated rings. The first-order chi connectivity index (χ1) is 14.5. The molecule has 6 nitrogen and oxygen atoms in total. The Hall–Kier alpha value is -3.22. The average Bonchev–Trinajstić information content (AvgIpc) is 2.98. The fourth-order valence-corrected chi connectivity index (χ4v) is 4.13. The van der Waals surface area contributed by atoms with Gasteiger partial charge in [-0.1, -0.05) is 48.5 Å². The normalized spacial score (nSPS) is 19.5. The van der Waals surface area contributed by atoms with Gasteiger partial charge in [-0.2, -0.15) is 0 Å². The van der Waals surface area contributed by atoms with Crippen molar-refractivity contribution in [2.45, 2.75) is 25.4 Å². The van der Waals surface area contributed by atoms with E-state index in [0.29, 0.717) is 38.2 Å². The van der Waals surface area contributed by atoms with Crippen LogP contribution in [0.25, 0.3) is 0 Å². The number of rotatable bonds is 4. The third-order valence-corrected chi connectivity index (χ3v) is 5.77. The molecule has 0 aliphatic carbocycles. The third kappa shape index (κ3) is 4.20. The lowest BCUT2D eigenvalue weighted by Crippen LogP contribution is -2.59. The van der Waals surface area contributed by atoms with Crippen LogP contribution >= 0.6 is 0 Å². The summed E-state index contributed by atoms with van der Waals surface area (Å²) in [6, 6.07) is 15.3. The highest BCUT2D eigenvalue weighted by atomic mass is 19.1. The lowest BCUT2D eigenvalue weighted by Gasteiger charge is -2.39. The second kappa shape index (κ2) is 8.65. The zero-order valence-electron chi connectivity index (χ0n) is 16.7. The summed E-state index contributed by atoms with van der Waals surface area (Å²) in [6.45, 7) is 1.48. The van der Waals surface area contributed by atoms with Gasteiger partial charge in [-0.15, -0.1) is 0 Å². The van der Waals surface area contributed by atoms with Gasteiger partial charge in [-0.25, -0.2) is 4.39 Å². The van der Waals surface area contributed by atoms with Gasteiger partial charge in [0, 0.05) is 26.2 Å². The van der Waals surface area contributed by atoms with Crippen molar-refractivity contribution in [3.8, 4) is 0 Å². The highest BCUT2D eigenvalue weighted by Crippen LogP contribution is 2.21. The molecule has 2 aliphatic heterocycles. The van der Waals surface area contributed by atoms with Gasteiger partial charge < -0.3 is 14.7 Å². The summed E-state index contributed by atoms with van der Waals surface area (Å²) >= 11 is 0. The van der Waals surface area contributed by atoms with Crippen molar-refractivity contribution in [3.05, 3.63) is 71.5 Å². The molecule has 1 atom stereocenters. The number of benzene rings is 2. The summed E-state index contributed by atoms with van der Waals surface area (Å²) in [4.78, 5) is 43.3. The number of carbonyl (C=O) groups is 3. The van der Waals surface area contributed by atoms with Gasteiger partial charge in [0.1, 0.15) is 18.4 Å². The van der Waals surface area contributed by atoms with Crippen LogP contribution in [0.4, 0.5) is 4.39 Å². The molecule has 2 saturated heterocycles. The second-order valence-electron chi connectivity index (χ2n) is 7.72. The summed E-state index contributed by atoms with van der Waals surface area (Å²) in [6.07, 6.45) is 0.359. The van der Waals surface area contributed by atoms with Crippen LogP contribution in [-0.2, 0) is 27.3 Å². The summed E-state index contributed by atoms with van der Waals surface area (Å²) in [5.41, 5.74) is 1.33. The minimum Gasteiger partial charge on any atom is -0.341 e. The van der Waals surface area contributed by atoms with E-state index < -0.39 is 11.9 Å². The summed E-state index contributed by atoms with van der Waals surface area (Å²) in [5, 5.41) is 0. The predicted molar refractivity (Wildman–Crippen MR) is 109 cm³/mol. The Kier molecular flexibility index (Phi) is 5.79. The second-order valence-corrected chi connectivity index (χ2v) is 7.72. The van der Waals surface area contributed by atoms with Crippen LogP contribution in [0, 0.1) is 5.82 Å². The molecule has 156 valence electrons. The van der Waals surface area contributed by atoms with Crippen molar-refractivity contribution in [3.63, 3.8) is 0 Å². The number of hydrogen-bond acceptors (Lipinski definition) is 3. The number of carbonyl (C=O) groups excluding carboxylic acids is 3. The molecule has 2 heterocycles. The largest absolute Gasteiger partial charge is 0.341 e. The smallest absolute Gasteiger partial charge is 0.246 e. The highest BCUT2D eigenvalue weighted by Gasteiger charge is 2.41. The minimum atomic E-state index is -0.554. The van der Waals surface area contributed by atoms with Gasteiger partial charge >= 0.3 is 0 Å². The number of nitrogens with zero attached hydrogens (tertiary/aromatic N) is 3. The number of amides is 3. The maximum Gasteiger partial charge on any atom is 0.246 e. The molecule has 0 spiro atoms. The molecule has 0 aromatic heterocycles. The van der Waals surface area contributed by atoms with E-state index in [4.69, 9.17) is 0 Å². The Labute approximate surface area is 174 Å². The first-order valence-electron chi connectivity index (χ1n) is 10.2. The van der Waals surface area contributed by atoms with Crippen molar-refractivity contribution < 1.29 is 18.8 Å². The van der Waals surface area contributed by atoms with Crippen LogP contribution in [0.15, 0.2) is 54.6 Å². The van der Waals surface area contributed by atoms with Gasteiger partial charge in [-0.05, 0) is 23.6 Å². The lowest BCUT2D eigenvalue weighted by atomic mass is 10.1. The first-order valence-corrected chi connectivity index (χ1v) is 10.2. The molecule has 3 amide bonds. The predicted octanol–water partition coefficient (Wildman–Crippen LogP) is 1.84. The Morgan fingerprint density at radius 1 is 0.967 bits per heavy atom. The Morgan fingerprint density at radius 2 is 1.70 bits per heavy atom. The molecule has 2 aliphatic rings. The molecule has 0 radical (unpaired) electrons. The standard InChI is InChI=1S/C23H24FN3O3/c24-19-9-5-4-8-18(19)14-21(28)25-11-10-20-23(30)26(15-17-6-2-1-3-7-17)16-22(29)27(20)13-12-25/h1-9,20H,10-16H2. The fourth-order valence-electron chi connectivity index (χ4n) is 4.13. The van der Waals surface area contributed by atoms with E-state index in [1.54, 1.807) is 32.9 Å². The van der Waals surface area contributed by atoms with E-state index in [2.05, 4.69) is 0 Å². The van der Waals surface area contributed by atoms with Crippen LogP contribution in [0.2, 0.25) is 0 Å². The van der Waals surface area contributed by atoms with Crippen molar-refractivity contribution in [2.75, 3.05) is 26.2 Å². The topological polar surface area (TPSA) is 60.9 Å². The van der Waals surface area contributed by atoms with Gasteiger partial charge in [0.15, 0.2) is 0 Å². The highest BCUT2D eigenvalue weighted by molar-refractivity contribution is 5.95. The summed E-state index contributed by atoms with van der Waals surface area (Å²) < 4.78 is 13.9. The van der Waals surface area contributed by atoms with Crippen LogP contribution < -0.4 is 0 Å². The molecular formula is C23H24FN3O3. The van der Waals surface area contributed by atoms with Crippen molar-refractivity contribution in [1.82, 2.24) is 14.7 Å². The average molecular weight is 409 g/mol. The molecule has 1 unspecified atom stereocenters. The molecular weight excluding hydrogens is 385 g/mol. The van der Waals surface area contributed by atoms with Gasteiger partial charge in [-0.3, -0.25) is 14.4 Å². The van der Waals surface area contributed by atoms with E-state index >= 15 is 0 Å². The number of piperazine rings is 1. The quantitative estimate of drug-likeness (QED) is 0.774. The van der Waals surface area contributed by atoms with Crippen molar-refractivity contribution in [2.24, 2.45) is 0 Å². The molecule has 7 heteroatoms. The molecule has 0 N–H and O–H groups in total. The van der Waals surface area contributed by atoms with Crippen LogP contribution in [0.5, 0.6) is 0 Å².